The van der Waals surface area contributed by atoms with Crippen molar-refractivity contribution in [1.82, 2.24) is 29.7 Å². The van der Waals surface area contributed by atoms with Crippen LogP contribution >= 0.6 is 0 Å². The first-order valence-electron chi connectivity index (χ1n) is 15.9. The molecule has 1 fully saturated rings. The highest BCUT2D eigenvalue weighted by Crippen LogP contribution is 2.34. The van der Waals surface area contributed by atoms with Crippen molar-refractivity contribution in [3.8, 4) is 22.4 Å². The molecule has 0 spiro atoms. The number of aromatic nitrogens is 5. The van der Waals surface area contributed by atoms with Crippen LogP contribution < -0.4 is 20.9 Å². The van der Waals surface area contributed by atoms with Crippen LogP contribution in [0.4, 0.5) is 17.5 Å². The Kier molecular flexibility index (Phi) is 8.02. The van der Waals surface area contributed by atoms with Gasteiger partial charge in [-0.05, 0) is 61.1 Å². The molecule has 2 atom stereocenters. The van der Waals surface area contributed by atoms with E-state index in [0.717, 1.165) is 35.2 Å². The second kappa shape index (κ2) is 12.4. The Morgan fingerprint density at radius 3 is 2.43 bits per heavy atom. The van der Waals surface area contributed by atoms with E-state index >= 15 is 0 Å². The molecule has 0 aliphatic carbocycles. The van der Waals surface area contributed by atoms with E-state index in [4.69, 9.17) is 20.4 Å². The summed E-state index contributed by atoms with van der Waals surface area (Å²) in [6.07, 6.45) is 8.69. The number of anilines is 3. The lowest BCUT2D eigenvalue weighted by molar-refractivity contribution is -0.117. The lowest BCUT2D eigenvalue weighted by Crippen LogP contribution is -2.40. The third-order valence-corrected chi connectivity index (χ3v) is 8.97. The van der Waals surface area contributed by atoms with E-state index in [0.29, 0.717) is 54.7 Å². The summed E-state index contributed by atoms with van der Waals surface area (Å²) in [6.45, 7) is 8.16. The highest BCUT2D eigenvalue weighted by molar-refractivity contribution is 5.94. The smallest absolute Gasteiger partial charge is 0.271 e. The number of fused-ring (bicyclic) bond motifs is 2. The zero-order valence-electron chi connectivity index (χ0n) is 26.7. The van der Waals surface area contributed by atoms with Crippen LogP contribution in [0.1, 0.15) is 54.8 Å². The van der Waals surface area contributed by atoms with E-state index in [-0.39, 0.29) is 29.8 Å². The number of nitrogens with zero attached hydrogens (tertiary/aromatic N) is 7. The average molecular weight is 632 g/mol. The molecule has 5 heterocycles. The van der Waals surface area contributed by atoms with E-state index in [9.17, 15) is 9.59 Å². The van der Waals surface area contributed by atoms with E-state index in [2.05, 4.69) is 57.4 Å². The fourth-order valence-corrected chi connectivity index (χ4v) is 6.42. The van der Waals surface area contributed by atoms with Gasteiger partial charge in [-0.1, -0.05) is 30.3 Å². The number of carbonyl (C=O) groups is 2. The summed E-state index contributed by atoms with van der Waals surface area (Å²) in [7, 11) is 0. The molecule has 5 aromatic rings. The second-order valence-electron chi connectivity index (χ2n) is 12.2. The van der Waals surface area contributed by atoms with Crippen LogP contribution in [-0.4, -0.2) is 68.5 Å². The Balaban J connectivity index is 1.11. The van der Waals surface area contributed by atoms with Gasteiger partial charge in [0, 0.05) is 62.1 Å². The van der Waals surface area contributed by atoms with Gasteiger partial charge in [0.15, 0.2) is 11.5 Å². The van der Waals surface area contributed by atoms with Crippen molar-refractivity contribution < 1.29 is 14.3 Å². The van der Waals surface area contributed by atoms with Crippen LogP contribution in [0.5, 0.6) is 0 Å². The minimum Gasteiger partial charge on any atom is -0.378 e. The minimum atomic E-state index is -0.283. The molecule has 12 heteroatoms. The Morgan fingerprint density at radius 2 is 1.70 bits per heavy atom. The molecule has 2 aliphatic heterocycles. The molecule has 240 valence electrons. The SMILES string of the molecule is CC(=O)N1c2ccc(-c3ccc([C@@H](C)NC(=O)c4cn5cc(-c6cnc(N)nc6)nc(N6CCOCC6)c5n4)cc3)cc2CC[C@@H]1C. The molecular weight excluding hydrogens is 594 g/mol. The summed E-state index contributed by atoms with van der Waals surface area (Å²) in [6, 6.07) is 14.5. The first-order chi connectivity index (χ1) is 22.7. The third-order valence-electron chi connectivity index (χ3n) is 8.97. The quantitative estimate of drug-likeness (QED) is 0.278. The number of imidazole rings is 1. The first-order valence-corrected chi connectivity index (χ1v) is 15.9. The van der Waals surface area contributed by atoms with Gasteiger partial charge in [-0.3, -0.25) is 9.59 Å². The Bertz CT molecular complexity index is 1950. The first kappa shape index (κ1) is 30.3. The molecular formula is C35H37N9O3. The predicted octanol–water partition coefficient (Wildman–Crippen LogP) is 4.45. The molecule has 2 aliphatic rings. The summed E-state index contributed by atoms with van der Waals surface area (Å²) in [5.41, 5.74) is 13.3. The summed E-state index contributed by atoms with van der Waals surface area (Å²) in [4.78, 5) is 47.6. The topological polar surface area (TPSA) is 144 Å². The summed E-state index contributed by atoms with van der Waals surface area (Å²) in [5.74, 6) is 0.636. The Hall–Kier alpha value is -5.36. The molecule has 2 amide bonds. The van der Waals surface area contributed by atoms with Crippen LogP contribution in [0.25, 0.3) is 28.0 Å². The highest BCUT2D eigenvalue weighted by atomic mass is 16.5. The maximum atomic E-state index is 13.5. The monoisotopic (exact) mass is 631 g/mol. The molecule has 0 radical (unpaired) electrons. The van der Waals surface area contributed by atoms with E-state index in [1.165, 1.54) is 5.56 Å². The van der Waals surface area contributed by atoms with Crippen molar-refractivity contribution in [2.75, 3.05) is 41.8 Å². The number of aryl methyl sites for hydroxylation is 1. The van der Waals surface area contributed by atoms with Crippen molar-refractivity contribution in [2.24, 2.45) is 0 Å². The molecule has 1 saturated heterocycles. The van der Waals surface area contributed by atoms with E-state index in [1.54, 1.807) is 25.5 Å². The molecule has 0 saturated carbocycles. The Labute approximate surface area is 272 Å². The highest BCUT2D eigenvalue weighted by Gasteiger charge is 2.26. The fourth-order valence-electron chi connectivity index (χ4n) is 6.42. The van der Waals surface area contributed by atoms with E-state index in [1.807, 2.05) is 34.6 Å². The lowest BCUT2D eigenvalue weighted by Gasteiger charge is -2.34. The van der Waals surface area contributed by atoms with Crippen LogP contribution in [0.3, 0.4) is 0 Å². The van der Waals surface area contributed by atoms with E-state index < -0.39 is 0 Å². The molecule has 3 aromatic heterocycles. The number of hydrogen-bond acceptors (Lipinski definition) is 9. The second-order valence-corrected chi connectivity index (χ2v) is 12.2. The zero-order chi connectivity index (χ0) is 32.7. The lowest BCUT2D eigenvalue weighted by atomic mass is 9.92. The predicted molar refractivity (Wildman–Crippen MR) is 180 cm³/mol. The number of amides is 2. The summed E-state index contributed by atoms with van der Waals surface area (Å²) < 4.78 is 7.38. The van der Waals surface area contributed by atoms with Gasteiger partial charge in [-0.2, -0.15) is 0 Å². The van der Waals surface area contributed by atoms with Gasteiger partial charge in [0.2, 0.25) is 11.9 Å². The maximum Gasteiger partial charge on any atom is 0.271 e. The number of nitrogen functional groups attached to an aromatic ring is 1. The zero-order valence-corrected chi connectivity index (χ0v) is 26.7. The number of ether oxygens (including phenoxy) is 1. The number of carbonyl (C=O) groups excluding carboxylic acids is 2. The third kappa shape index (κ3) is 5.99. The van der Waals surface area contributed by atoms with Crippen molar-refractivity contribution >= 4 is 34.9 Å². The van der Waals surface area contributed by atoms with Crippen LogP contribution in [-0.2, 0) is 16.0 Å². The van der Waals surface area contributed by atoms with Crippen molar-refractivity contribution in [1.29, 1.82) is 0 Å². The number of rotatable bonds is 6. The van der Waals surface area contributed by atoms with Gasteiger partial charge < -0.3 is 30.0 Å². The normalized spacial score (nSPS) is 17.0. The van der Waals surface area contributed by atoms with Crippen molar-refractivity contribution in [3.05, 3.63) is 84.1 Å². The molecule has 0 unspecified atom stereocenters. The number of nitrogens with two attached hydrogens (primary N) is 1. The van der Waals surface area contributed by atoms with Gasteiger partial charge in [0.25, 0.3) is 5.91 Å². The number of benzene rings is 2. The van der Waals surface area contributed by atoms with Crippen LogP contribution in [0, 0.1) is 0 Å². The van der Waals surface area contributed by atoms with Gasteiger partial charge in [0.1, 0.15) is 5.69 Å². The van der Waals surface area contributed by atoms with Gasteiger partial charge in [-0.25, -0.2) is 19.9 Å². The fraction of sp³-hybridized carbons (Fsp3) is 0.314. The molecule has 3 N–H and O–H groups in total. The van der Waals surface area contributed by atoms with Gasteiger partial charge in [-0.15, -0.1) is 0 Å². The van der Waals surface area contributed by atoms with Crippen molar-refractivity contribution in [2.45, 2.75) is 45.7 Å². The minimum absolute atomic E-state index is 0.0717. The number of nitrogens with one attached hydrogen (secondary N) is 1. The van der Waals surface area contributed by atoms with Gasteiger partial charge in [0.05, 0.1) is 24.9 Å². The molecule has 12 nitrogen and oxygen atoms in total. The summed E-state index contributed by atoms with van der Waals surface area (Å²) in [5, 5.41) is 3.10. The summed E-state index contributed by atoms with van der Waals surface area (Å²) >= 11 is 0. The average Bonchev–Trinajstić information content (AvgIpc) is 3.53. The number of hydrogen-bond donors (Lipinski definition) is 2. The molecule has 2 aromatic carbocycles. The van der Waals surface area contributed by atoms with Crippen LogP contribution in [0.15, 0.2) is 67.3 Å². The maximum absolute atomic E-state index is 13.5. The van der Waals surface area contributed by atoms with Crippen LogP contribution in [0.2, 0.25) is 0 Å². The molecule has 47 heavy (non-hydrogen) atoms. The number of morpholine rings is 1. The molecule has 7 rings (SSSR count). The Morgan fingerprint density at radius 1 is 0.979 bits per heavy atom. The standard InChI is InChI=1S/C35H37N9O3/c1-21-4-5-27-16-26(10-11-31(27)44(21)23(3)45)25-8-6-24(7-9-25)22(2)39-34(46)30-20-43-19-29(28-17-37-35(36)38-18-28)40-32(33(43)41-30)42-12-14-47-15-13-42/h6-11,16-22H,4-5,12-15H2,1-3H3,(H,39,46)(H2,36,37,38)/t21-,22+/m0/s1. The largest absolute Gasteiger partial charge is 0.378 e. The molecule has 0 bridgehead atoms. The van der Waals surface area contributed by atoms with Gasteiger partial charge >= 0.3 is 0 Å². The van der Waals surface area contributed by atoms with Crippen molar-refractivity contribution in [3.63, 3.8) is 0 Å².